The van der Waals surface area contributed by atoms with Crippen LogP contribution in [0.4, 0.5) is 0 Å². The Kier molecular flexibility index (Phi) is 3.84. The second-order valence-electron chi connectivity index (χ2n) is 6.73. The summed E-state index contributed by atoms with van der Waals surface area (Å²) in [6.07, 6.45) is 1.86. The highest BCUT2D eigenvalue weighted by Crippen LogP contribution is 2.23. The summed E-state index contributed by atoms with van der Waals surface area (Å²) in [5.74, 6) is 0.127. The molecule has 0 saturated carbocycles. The van der Waals surface area contributed by atoms with E-state index in [1.165, 1.54) is 0 Å². The summed E-state index contributed by atoms with van der Waals surface area (Å²) in [5.41, 5.74) is 3.85. The molecule has 6 heteroatoms. The minimum absolute atomic E-state index is 0.127. The van der Waals surface area contributed by atoms with Gasteiger partial charge in [-0.3, -0.25) is 9.48 Å². The quantitative estimate of drug-likeness (QED) is 0.795. The summed E-state index contributed by atoms with van der Waals surface area (Å²) in [6.45, 7) is 3.57. The third kappa shape index (κ3) is 2.82. The van der Waals surface area contributed by atoms with E-state index in [1.54, 1.807) is 6.92 Å². The fourth-order valence-corrected chi connectivity index (χ4v) is 3.55. The van der Waals surface area contributed by atoms with Gasteiger partial charge in [0.1, 0.15) is 0 Å². The van der Waals surface area contributed by atoms with Crippen LogP contribution in [0.3, 0.4) is 0 Å². The fraction of sp³-hybridized carbons (Fsp3) is 0.368. The number of aliphatic hydroxyl groups is 1. The molecule has 1 aliphatic rings. The van der Waals surface area contributed by atoms with Gasteiger partial charge in [-0.25, -0.2) is 0 Å². The van der Waals surface area contributed by atoms with Gasteiger partial charge in [0.05, 0.1) is 37.0 Å². The van der Waals surface area contributed by atoms with Crippen LogP contribution in [-0.2, 0) is 31.4 Å². The molecule has 130 valence electrons. The SMILES string of the molecule is CC(O)c1cc2n(n1)CCN(C(=O)Cc1cn(C)c3ccccc13)C2. The Bertz CT molecular complexity index is 938. The topological polar surface area (TPSA) is 63.3 Å². The smallest absolute Gasteiger partial charge is 0.227 e. The van der Waals surface area contributed by atoms with Gasteiger partial charge in [-0.2, -0.15) is 5.10 Å². The van der Waals surface area contributed by atoms with Crippen LogP contribution >= 0.6 is 0 Å². The molecule has 1 atom stereocenters. The number of rotatable bonds is 3. The zero-order chi connectivity index (χ0) is 17.6. The van der Waals surface area contributed by atoms with Crippen molar-refractivity contribution in [2.45, 2.75) is 32.5 Å². The third-order valence-electron chi connectivity index (χ3n) is 4.92. The van der Waals surface area contributed by atoms with Gasteiger partial charge in [0.15, 0.2) is 0 Å². The van der Waals surface area contributed by atoms with E-state index in [9.17, 15) is 9.90 Å². The van der Waals surface area contributed by atoms with Crippen molar-refractivity contribution < 1.29 is 9.90 Å². The fourth-order valence-electron chi connectivity index (χ4n) is 3.55. The first-order valence-electron chi connectivity index (χ1n) is 8.58. The normalized spacial score (nSPS) is 15.4. The molecular formula is C19H22N4O2. The molecule has 1 amide bonds. The minimum Gasteiger partial charge on any atom is -0.387 e. The van der Waals surface area contributed by atoms with E-state index >= 15 is 0 Å². The van der Waals surface area contributed by atoms with Crippen molar-refractivity contribution in [1.82, 2.24) is 19.2 Å². The molecular weight excluding hydrogens is 316 g/mol. The third-order valence-corrected chi connectivity index (χ3v) is 4.92. The van der Waals surface area contributed by atoms with Gasteiger partial charge in [-0.05, 0) is 24.6 Å². The Morgan fingerprint density at radius 3 is 2.92 bits per heavy atom. The van der Waals surface area contributed by atoms with Gasteiger partial charge in [0.2, 0.25) is 5.91 Å². The molecule has 1 unspecified atom stereocenters. The maximum Gasteiger partial charge on any atom is 0.227 e. The molecule has 0 spiro atoms. The lowest BCUT2D eigenvalue weighted by Crippen LogP contribution is -2.39. The molecule has 0 radical (unpaired) electrons. The van der Waals surface area contributed by atoms with Crippen molar-refractivity contribution in [3.05, 3.63) is 53.5 Å². The maximum absolute atomic E-state index is 12.8. The molecule has 3 heterocycles. The zero-order valence-corrected chi connectivity index (χ0v) is 14.5. The van der Waals surface area contributed by atoms with Crippen LogP contribution in [0.5, 0.6) is 0 Å². The predicted molar refractivity (Wildman–Crippen MR) is 94.9 cm³/mol. The molecule has 1 N–H and O–H groups in total. The van der Waals surface area contributed by atoms with E-state index in [1.807, 2.05) is 41.0 Å². The Hall–Kier alpha value is -2.60. The molecule has 0 saturated heterocycles. The number of aryl methyl sites for hydroxylation is 1. The van der Waals surface area contributed by atoms with Crippen molar-refractivity contribution in [2.75, 3.05) is 6.54 Å². The Balaban J connectivity index is 1.53. The number of fused-ring (bicyclic) bond motifs is 2. The number of benzene rings is 1. The van der Waals surface area contributed by atoms with E-state index in [0.29, 0.717) is 31.7 Å². The van der Waals surface area contributed by atoms with Gasteiger partial charge in [-0.15, -0.1) is 0 Å². The van der Waals surface area contributed by atoms with Gasteiger partial charge in [-0.1, -0.05) is 18.2 Å². The molecule has 3 aromatic rings. The van der Waals surface area contributed by atoms with Crippen LogP contribution in [0.1, 0.15) is 30.0 Å². The summed E-state index contributed by atoms with van der Waals surface area (Å²) in [5, 5.41) is 15.2. The lowest BCUT2D eigenvalue weighted by Gasteiger charge is -2.27. The molecule has 1 aliphatic heterocycles. The van der Waals surface area contributed by atoms with Gasteiger partial charge < -0.3 is 14.6 Å². The standard InChI is InChI=1S/C19H22N4O2/c1-13(24)17-10-15-12-22(7-8-23(15)20-17)19(25)9-14-11-21(2)18-6-4-3-5-16(14)18/h3-6,10-11,13,24H,7-9,12H2,1-2H3. The summed E-state index contributed by atoms with van der Waals surface area (Å²) in [4.78, 5) is 14.7. The first-order chi connectivity index (χ1) is 12.0. The number of aromatic nitrogens is 3. The van der Waals surface area contributed by atoms with E-state index in [-0.39, 0.29) is 5.91 Å². The zero-order valence-electron chi connectivity index (χ0n) is 14.5. The van der Waals surface area contributed by atoms with Crippen LogP contribution in [0.25, 0.3) is 10.9 Å². The average molecular weight is 338 g/mol. The van der Waals surface area contributed by atoms with Crippen molar-refractivity contribution >= 4 is 16.8 Å². The predicted octanol–water partition coefficient (Wildman–Crippen LogP) is 2.01. The second-order valence-corrected chi connectivity index (χ2v) is 6.73. The van der Waals surface area contributed by atoms with Crippen LogP contribution in [0, 0.1) is 0 Å². The molecule has 0 aliphatic carbocycles. The maximum atomic E-state index is 12.8. The molecule has 0 fully saturated rings. The molecule has 4 rings (SSSR count). The molecule has 25 heavy (non-hydrogen) atoms. The van der Waals surface area contributed by atoms with E-state index < -0.39 is 6.10 Å². The first-order valence-corrected chi connectivity index (χ1v) is 8.58. The number of aliphatic hydroxyl groups excluding tert-OH is 1. The van der Waals surface area contributed by atoms with Crippen LogP contribution in [0.15, 0.2) is 36.5 Å². The Morgan fingerprint density at radius 2 is 2.12 bits per heavy atom. The summed E-state index contributed by atoms with van der Waals surface area (Å²) >= 11 is 0. The molecule has 0 bridgehead atoms. The number of carbonyl (C=O) groups is 1. The summed E-state index contributed by atoms with van der Waals surface area (Å²) in [7, 11) is 2.01. The van der Waals surface area contributed by atoms with Crippen molar-refractivity contribution in [1.29, 1.82) is 0 Å². The number of para-hydroxylation sites is 1. The monoisotopic (exact) mass is 338 g/mol. The van der Waals surface area contributed by atoms with Gasteiger partial charge >= 0.3 is 0 Å². The van der Waals surface area contributed by atoms with E-state index in [4.69, 9.17) is 0 Å². The number of carbonyl (C=O) groups excluding carboxylic acids is 1. The van der Waals surface area contributed by atoms with E-state index in [0.717, 1.165) is 22.2 Å². The molecule has 6 nitrogen and oxygen atoms in total. The molecule has 1 aromatic carbocycles. The number of hydrogen-bond donors (Lipinski definition) is 1. The summed E-state index contributed by atoms with van der Waals surface area (Å²) < 4.78 is 3.96. The number of amides is 1. The van der Waals surface area contributed by atoms with Crippen molar-refractivity contribution in [3.63, 3.8) is 0 Å². The van der Waals surface area contributed by atoms with Gasteiger partial charge in [0, 0.05) is 30.7 Å². The lowest BCUT2D eigenvalue weighted by molar-refractivity contribution is -0.131. The van der Waals surface area contributed by atoms with Crippen LogP contribution in [0.2, 0.25) is 0 Å². The van der Waals surface area contributed by atoms with Crippen molar-refractivity contribution in [2.24, 2.45) is 7.05 Å². The Labute approximate surface area is 146 Å². The average Bonchev–Trinajstić information content (AvgIpc) is 3.16. The second kappa shape index (κ2) is 6.04. The number of nitrogens with zero attached hydrogens (tertiary/aromatic N) is 4. The van der Waals surface area contributed by atoms with Crippen LogP contribution in [-0.4, -0.2) is 36.8 Å². The highest BCUT2D eigenvalue weighted by molar-refractivity contribution is 5.89. The number of hydrogen-bond acceptors (Lipinski definition) is 3. The van der Waals surface area contributed by atoms with E-state index in [2.05, 4.69) is 21.8 Å². The first kappa shape index (κ1) is 15.9. The Morgan fingerprint density at radius 1 is 1.32 bits per heavy atom. The van der Waals surface area contributed by atoms with Crippen LogP contribution < -0.4 is 0 Å². The lowest BCUT2D eigenvalue weighted by atomic mass is 10.1. The van der Waals surface area contributed by atoms with Crippen molar-refractivity contribution in [3.8, 4) is 0 Å². The largest absolute Gasteiger partial charge is 0.387 e. The highest BCUT2D eigenvalue weighted by atomic mass is 16.3. The summed E-state index contributed by atoms with van der Waals surface area (Å²) in [6, 6.07) is 10.0. The molecule has 2 aromatic heterocycles. The minimum atomic E-state index is -0.585. The van der Waals surface area contributed by atoms with Gasteiger partial charge in [0.25, 0.3) is 0 Å². The highest BCUT2D eigenvalue weighted by Gasteiger charge is 2.24.